The van der Waals surface area contributed by atoms with Crippen molar-refractivity contribution in [1.82, 2.24) is 0 Å². The highest BCUT2D eigenvalue weighted by atomic mass is 35.5. The van der Waals surface area contributed by atoms with Gasteiger partial charge in [-0.05, 0) is 84.6 Å². The summed E-state index contributed by atoms with van der Waals surface area (Å²) in [5, 5.41) is 15.5. The minimum atomic E-state index is -1.70. The Morgan fingerprint density at radius 1 is 0.565 bits per heavy atom. The first-order valence-electron chi connectivity index (χ1n) is 19.0. The van der Waals surface area contributed by atoms with E-state index in [0.29, 0.717) is 59.0 Å². The van der Waals surface area contributed by atoms with Gasteiger partial charge in [-0.2, -0.15) is 0 Å². The minimum Gasteiger partial charge on any atom is -0.374 e. The van der Waals surface area contributed by atoms with Crippen LogP contribution in [0.15, 0.2) is 72.8 Å². The molecule has 3 fully saturated rings. The molecule has 0 aromatic heterocycles. The third-order valence-corrected chi connectivity index (χ3v) is 12.3. The molecule has 3 aliphatic rings. The van der Waals surface area contributed by atoms with Gasteiger partial charge in [-0.1, -0.05) is 129 Å². The van der Waals surface area contributed by atoms with Gasteiger partial charge < -0.3 is 43.0 Å². The van der Waals surface area contributed by atoms with Crippen molar-refractivity contribution in [3.8, 4) is 23.7 Å². The van der Waals surface area contributed by atoms with Gasteiger partial charge in [-0.25, -0.2) is 0 Å². The van der Waals surface area contributed by atoms with Crippen molar-refractivity contribution in [1.29, 1.82) is 0 Å². The summed E-state index contributed by atoms with van der Waals surface area (Å²) < 4.78 is 46.8. The third-order valence-electron chi connectivity index (χ3n) is 9.92. The molecule has 7 rings (SSSR count). The smallest absolute Gasteiger partial charge is 0.210 e. The lowest BCUT2D eigenvalue weighted by atomic mass is 9.95. The van der Waals surface area contributed by atoms with E-state index in [1.54, 1.807) is 74.5 Å². The Balaban J connectivity index is 0.000000207. The SMILES string of the molecule is CC#C[C@]1(O)C(OC)O[C@H](COCc2ccc(Cl)cc2Cl)[C@H]1OCc1ccc(Cl)cc1Cl.CC#C[C@]12O[C@H]1O[C@H](COCc1ccc(Cl)cc1Cl)[C@H]2OCc1ccc(Cl)cc1Cl. The van der Waals surface area contributed by atoms with Gasteiger partial charge in [0.2, 0.25) is 23.8 Å². The molecular formula is C45H40Cl8O9. The van der Waals surface area contributed by atoms with Crippen LogP contribution in [0, 0.1) is 23.7 Å². The lowest BCUT2D eigenvalue weighted by Gasteiger charge is -2.28. The Bertz CT molecular complexity index is 2330. The van der Waals surface area contributed by atoms with E-state index in [4.69, 9.17) is 131 Å². The Morgan fingerprint density at radius 3 is 1.37 bits per heavy atom. The van der Waals surface area contributed by atoms with Crippen molar-refractivity contribution in [3.05, 3.63) is 135 Å². The van der Waals surface area contributed by atoms with Crippen LogP contribution in [0.25, 0.3) is 0 Å². The molecule has 0 amide bonds. The monoisotopic (exact) mass is 1000 g/mol. The van der Waals surface area contributed by atoms with E-state index in [0.717, 1.165) is 16.7 Å². The Labute approximate surface area is 400 Å². The summed E-state index contributed by atoms with van der Waals surface area (Å²) in [6, 6.07) is 20.8. The van der Waals surface area contributed by atoms with Crippen LogP contribution >= 0.6 is 92.8 Å². The van der Waals surface area contributed by atoms with Gasteiger partial charge in [0, 0.05) is 47.3 Å². The second-order valence-corrected chi connectivity index (χ2v) is 17.5. The van der Waals surface area contributed by atoms with Crippen molar-refractivity contribution < 1.29 is 43.0 Å². The maximum absolute atomic E-state index is 11.3. The van der Waals surface area contributed by atoms with Crippen molar-refractivity contribution in [2.45, 2.75) is 88.5 Å². The Hall–Kier alpha value is -2.04. The zero-order chi connectivity index (χ0) is 44.6. The number of hydrogen-bond donors (Lipinski definition) is 1. The molecule has 0 radical (unpaired) electrons. The van der Waals surface area contributed by atoms with Gasteiger partial charge in [0.25, 0.3) is 0 Å². The predicted molar refractivity (Wildman–Crippen MR) is 242 cm³/mol. The van der Waals surface area contributed by atoms with Crippen molar-refractivity contribution in [2.24, 2.45) is 0 Å². The van der Waals surface area contributed by atoms with Gasteiger partial charge in [0.1, 0.15) is 24.4 Å². The largest absolute Gasteiger partial charge is 0.374 e. The molecule has 8 atom stereocenters. The normalized spacial score (nSPS) is 25.8. The first-order valence-corrected chi connectivity index (χ1v) is 22.0. The summed E-state index contributed by atoms with van der Waals surface area (Å²) in [6.07, 6.45) is -3.75. The van der Waals surface area contributed by atoms with Gasteiger partial charge in [-0.3, -0.25) is 0 Å². The summed E-state index contributed by atoms with van der Waals surface area (Å²) in [5.74, 6) is 11.5. The van der Waals surface area contributed by atoms with Crippen molar-refractivity contribution in [2.75, 3.05) is 20.3 Å². The molecule has 1 unspecified atom stereocenters. The molecule has 4 aromatic carbocycles. The summed E-state index contributed by atoms with van der Waals surface area (Å²) in [7, 11) is 1.43. The van der Waals surface area contributed by atoms with Crippen LogP contribution < -0.4 is 0 Å². The fourth-order valence-corrected chi connectivity index (χ4v) is 8.71. The first-order chi connectivity index (χ1) is 29.7. The highest BCUT2D eigenvalue weighted by molar-refractivity contribution is 6.36. The van der Waals surface area contributed by atoms with Crippen LogP contribution in [0.4, 0.5) is 0 Å². The zero-order valence-electron chi connectivity index (χ0n) is 33.4. The second-order valence-electron chi connectivity index (χ2n) is 14.2. The van der Waals surface area contributed by atoms with Gasteiger partial charge in [-0.15, -0.1) is 11.8 Å². The molecule has 3 aliphatic heterocycles. The van der Waals surface area contributed by atoms with E-state index in [1.165, 1.54) is 7.11 Å². The molecule has 62 heavy (non-hydrogen) atoms. The van der Waals surface area contributed by atoms with Crippen LogP contribution in [-0.2, 0) is 64.3 Å². The van der Waals surface area contributed by atoms with Gasteiger partial charge in [0.15, 0.2) is 0 Å². The fraction of sp³-hybridized carbons (Fsp3) is 0.378. The fourth-order valence-electron chi connectivity index (χ4n) is 6.85. The van der Waals surface area contributed by atoms with Crippen molar-refractivity contribution in [3.63, 3.8) is 0 Å². The van der Waals surface area contributed by atoms with Crippen molar-refractivity contribution >= 4 is 92.8 Å². The molecule has 0 saturated carbocycles. The predicted octanol–water partition coefficient (Wildman–Crippen LogP) is 11.4. The van der Waals surface area contributed by atoms with Crippen LogP contribution in [0.5, 0.6) is 0 Å². The second kappa shape index (κ2) is 22.4. The highest BCUT2D eigenvalue weighted by Gasteiger charge is 2.71. The third kappa shape index (κ3) is 12.0. The first kappa shape index (κ1) is 49.4. The molecular weight excluding hydrogens is 968 g/mol. The van der Waals surface area contributed by atoms with E-state index >= 15 is 0 Å². The number of benzene rings is 4. The molecule has 1 N–H and O–H groups in total. The molecule has 9 nitrogen and oxygen atoms in total. The minimum absolute atomic E-state index is 0.103. The van der Waals surface area contributed by atoms with Crippen LogP contribution in [0.2, 0.25) is 40.2 Å². The van der Waals surface area contributed by atoms with Crippen LogP contribution in [-0.4, -0.2) is 73.6 Å². The molecule has 17 heteroatoms. The number of hydrogen-bond acceptors (Lipinski definition) is 9. The molecule has 330 valence electrons. The number of rotatable bonds is 15. The van der Waals surface area contributed by atoms with E-state index < -0.39 is 42.1 Å². The number of fused-ring (bicyclic) bond motifs is 1. The summed E-state index contributed by atoms with van der Waals surface area (Å²) in [6.45, 7) is 4.69. The highest BCUT2D eigenvalue weighted by Crippen LogP contribution is 2.50. The van der Waals surface area contributed by atoms with Gasteiger partial charge >= 0.3 is 0 Å². The van der Waals surface area contributed by atoms with E-state index in [9.17, 15) is 5.11 Å². The number of aliphatic hydroxyl groups is 1. The van der Waals surface area contributed by atoms with Crippen LogP contribution in [0.1, 0.15) is 36.1 Å². The maximum Gasteiger partial charge on any atom is 0.210 e. The Kier molecular flexibility index (Phi) is 17.9. The number of halogens is 8. The lowest BCUT2D eigenvalue weighted by molar-refractivity contribution is -0.176. The quantitative estimate of drug-likeness (QED) is 0.0922. The average molecular weight is 1010 g/mol. The average Bonchev–Trinajstić information content (AvgIpc) is 3.73. The number of methoxy groups -OCH3 is 1. The van der Waals surface area contributed by atoms with E-state index in [2.05, 4.69) is 23.7 Å². The summed E-state index contributed by atoms with van der Waals surface area (Å²) >= 11 is 48.8. The summed E-state index contributed by atoms with van der Waals surface area (Å²) in [4.78, 5) is 0. The lowest BCUT2D eigenvalue weighted by Crippen LogP contribution is -2.49. The summed E-state index contributed by atoms with van der Waals surface area (Å²) in [5.41, 5.74) is 0.655. The maximum atomic E-state index is 11.3. The van der Waals surface area contributed by atoms with Crippen LogP contribution in [0.3, 0.4) is 0 Å². The molecule has 0 spiro atoms. The van der Waals surface area contributed by atoms with Gasteiger partial charge in [0.05, 0.1) is 39.6 Å². The molecule has 3 saturated heterocycles. The Morgan fingerprint density at radius 2 is 0.968 bits per heavy atom. The molecule has 4 aromatic rings. The zero-order valence-corrected chi connectivity index (χ0v) is 39.4. The van der Waals surface area contributed by atoms with E-state index in [1.807, 2.05) is 12.1 Å². The topological polar surface area (TPSA) is 97.4 Å². The van der Waals surface area contributed by atoms with E-state index in [-0.39, 0.29) is 32.5 Å². The molecule has 0 bridgehead atoms. The number of ether oxygens (including phenoxy) is 8. The standard InChI is InChI=1S/C23H22Cl4O5.C22H18Cl4O4/c1-3-8-23(28)21(31-12-15-5-7-17(25)10-19(15)27)20(32-22(23)29-2)13-30-11-14-4-6-16(24)9-18(14)26;1-2-7-22-20(28-11-14-4-6-16(24)9-18(14)26)19(29-21(22)30-22)12-27-10-13-3-5-15(23)8-17(13)25/h4-7,9-10,20-22,28H,11-13H2,1-2H3;3-6,8-9,19-21H,10-12H2,1H3/t20-,21-,22?,23-;19-,20-,21-,22-/m11/s1. The molecule has 3 heterocycles. The number of epoxide rings is 1. The molecule has 0 aliphatic carbocycles.